The Morgan fingerprint density at radius 1 is 0.529 bits per heavy atom. The van der Waals surface area contributed by atoms with Crippen molar-refractivity contribution >= 4 is 5.91 Å². The van der Waals surface area contributed by atoms with Crippen molar-refractivity contribution < 1.29 is 89.4 Å². The van der Waals surface area contributed by atoms with Crippen molar-refractivity contribution in [2.45, 2.75) is 227 Å². The second kappa shape index (κ2) is 34.2. The molecule has 19 heteroatoms. The van der Waals surface area contributed by atoms with Gasteiger partial charge < -0.3 is 89.9 Å². The van der Waals surface area contributed by atoms with E-state index in [1.54, 1.807) is 6.08 Å². The lowest BCUT2D eigenvalue weighted by Gasteiger charge is -2.48. The summed E-state index contributed by atoms with van der Waals surface area (Å²) in [4.78, 5) is 13.2. The molecule has 394 valence electrons. The first-order valence-electron chi connectivity index (χ1n) is 24.9. The van der Waals surface area contributed by atoms with E-state index in [1.807, 2.05) is 6.08 Å². The smallest absolute Gasteiger partial charge is 0.220 e. The molecule has 3 fully saturated rings. The molecule has 17 atom stereocenters. The van der Waals surface area contributed by atoms with Crippen LogP contribution in [-0.4, -0.2) is 193 Å². The van der Waals surface area contributed by atoms with Gasteiger partial charge in [-0.1, -0.05) is 107 Å². The fraction of sp³-hybridized carbons (Fsp3) is 0.816. The van der Waals surface area contributed by atoms with Gasteiger partial charge in [-0.2, -0.15) is 0 Å². The number of carbonyl (C=O) groups excluding carboxylic acids is 1. The number of nitrogens with one attached hydrogen (secondary N) is 1. The first-order valence-corrected chi connectivity index (χ1v) is 24.9. The van der Waals surface area contributed by atoms with E-state index in [0.29, 0.717) is 12.8 Å². The Labute approximate surface area is 402 Å². The number of rotatable bonds is 33. The second-order valence-corrected chi connectivity index (χ2v) is 17.9. The molecule has 0 aromatic rings. The fourth-order valence-electron chi connectivity index (χ4n) is 8.12. The van der Waals surface area contributed by atoms with Crippen LogP contribution in [0.5, 0.6) is 0 Å². The lowest BCUT2D eigenvalue weighted by Crippen LogP contribution is -2.66. The van der Waals surface area contributed by atoms with Gasteiger partial charge in [0.25, 0.3) is 0 Å². The summed E-state index contributed by atoms with van der Waals surface area (Å²) >= 11 is 0. The first-order chi connectivity index (χ1) is 32.8. The zero-order valence-electron chi connectivity index (χ0n) is 40.1. The van der Waals surface area contributed by atoms with Gasteiger partial charge in [0.2, 0.25) is 5.91 Å². The maximum Gasteiger partial charge on any atom is 0.220 e. The predicted molar refractivity (Wildman–Crippen MR) is 249 cm³/mol. The van der Waals surface area contributed by atoms with E-state index >= 15 is 0 Å². The van der Waals surface area contributed by atoms with E-state index in [9.17, 15) is 61.0 Å². The van der Waals surface area contributed by atoms with Gasteiger partial charge in [-0.15, -0.1) is 0 Å². The van der Waals surface area contributed by atoms with Gasteiger partial charge in [0.05, 0.1) is 38.6 Å². The van der Waals surface area contributed by atoms with Crippen LogP contribution in [-0.2, 0) is 33.2 Å². The summed E-state index contributed by atoms with van der Waals surface area (Å²) in [5.74, 6) is -0.307. The van der Waals surface area contributed by atoms with Crippen molar-refractivity contribution in [1.29, 1.82) is 0 Å². The average Bonchev–Trinajstić information content (AvgIpc) is 3.33. The largest absolute Gasteiger partial charge is 0.394 e. The van der Waals surface area contributed by atoms with Gasteiger partial charge in [0, 0.05) is 6.42 Å². The number of carbonyl (C=O) groups is 1. The number of aliphatic hydroxyl groups excluding tert-OH is 11. The van der Waals surface area contributed by atoms with E-state index in [2.05, 4.69) is 55.6 Å². The normalized spacial score (nSPS) is 33.6. The monoisotopic (exact) mass is 976 g/mol. The van der Waals surface area contributed by atoms with Crippen LogP contribution < -0.4 is 5.32 Å². The van der Waals surface area contributed by atoms with E-state index < -0.39 is 124 Å². The molecule has 19 nitrogen and oxygen atoms in total. The quantitative estimate of drug-likeness (QED) is 0.0325. The fourth-order valence-corrected chi connectivity index (χ4v) is 8.12. The Morgan fingerprint density at radius 3 is 1.62 bits per heavy atom. The molecule has 0 aliphatic carbocycles. The van der Waals surface area contributed by atoms with Crippen LogP contribution in [0.15, 0.2) is 48.6 Å². The molecule has 0 saturated carbocycles. The van der Waals surface area contributed by atoms with Crippen LogP contribution in [0.2, 0.25) is 0 Å². The lowest BCUT2D eigenvalue weighted by atomic mass is 9.96. The molecular formula is C49H85NO18. The highest BCUT2D eigenvalue weighted by molar-refractivity contribution is 5.76. The lowest BCUT2D eigenvalue weighted by molar-refractivity contribution is -0.379. The van der Waals surface area contributed by atoms with Crippen LogP contribution in [0.4, 0.5) is 0 Å². The maximum atomic E-state index is 13.2. The van der Waals surface area contributed by atoms with Crippen molar-refractivity contribution in [2.75, 3.05) is 26.4 Å². The number of unbranched alkanes of at least 4 members (excludes halogenated alkanes) is 11. The van der Waals surface area contributed by atoms with Crippen molar-refractivity contribution in [1.82, 2.24) is 5.32 Å². The summed E-state index contributed by atoms with van der Waals surface area (Å²) in [6.45, 7) is 1.52. The van der Waals surface area contributed by atoms with Gasteiger partial charge in [-0.05, 0) is 57.8 Å². The molecule has 17 unspecified atom stereocenters. The molecule has 1 amide bonds. The number of aliphatic hydroxyl groups is 11. The SMILES string of the molecule is CCC/C=C\C/C=C\CCCCCCCC(=O)NC(COC1OC(CO)C(OC2OC(CO)C(OC3OC(CO)C(O)C(O)C3O)C(O)C2O)C(O)C1O)C(O)/C=C/CC/C=C/CCCCCC. The Morgan fingerprint density at radius 2 is 1.01 bits per heavy atom. The third-order valence-electron chi connectivity index (χ3n) is 12.3. The minimum Gasteiger partial charge on any atom is -0.394 e. The topological polar surface area (TPSA) is 307 Å². The van der Waals surface area contributed by atoms with Crippen molar-refractivity contribution in [3.63, 3.8) is 0 Å². The summed E-state index contributed by atoms with van der Waals surface area (Å²) in [5, 5.41) is 119. The minimum atomic E-state index is -1.98. The summed E-state index contributed by atoms with van der Waals surface area (Å²) in [6.07, 6.45) is 5.64. The Kier molecular flexibility index (Phi) is 30.2. The van der Waals surface area contributed by atoms with Crippen LogP contribution >= 0.6 is 0 Å². The number of amides is 1. The van der Waals surface area contributed by atoms with Crippen molar-refractivity contribution in [2.24, 2.45) is 0 Å². The summed E-state index contributed by atoms with van der Waals surface area (Å²) < 4.78 is 34.0. The van der Waals surface area contributed by atoms with Gasteiger partial charge in [-0.3, -0.25) is 4.79 Å². The van der Waals surface area contributed by atoms with Gasteiger partial charge in [-0.25, -0.2) is 0 Å². The summed E-state index contributed by atoms with van der Waals surface area (Å²) in [5.41, 5.74) is 0. The van der Waals surface area contributed by atoms with Crippen LogP contribution in [0.1, 0.15) is 123 Å². The zero-order valence-corrected chi connectivity index (χ0v) is 40.1. The third-order valence-corrected chi connectivity index (χ3v) is 12.3. The van der Waals surface area contributed by atoms with Crippen LogP contribution in [0.3, 0.4) is 0 Å². The maximum absolute atomic E-state index is 13.2. The second-order valence-electron chi connectivity index (χ2n) is 17.9. The molecule has 3 aliphatic heterocycles. The standard InChI is InChI=1S/C49H85NO18/c1-3-5-7-9-11-13-15-16-17-19-21-23-25-27-37(55)50-32(33(54)26-24-22-20-18-14-12-10-8-6-4-2)31-63-47-43(61)40(58)45(35(29-52)65-47)68-49-44(62)41(59)46(36(30-53)66-49)67-48-42(60)39(57)38(56)34(28-51)64-48/h7,9,13-15,18,24,26,32-36,38-49,51-54,56-62H,3-6,8,10-12,16-17,19-23,25,27-31H2,1-2H3,(H,50,55)/b9-7-,15-13-,18-14+,26-24+. The molecule has 0 spiro atoms. The van der Waals surface area contributed by atoms with Crippen molar-refractivity contribution in [3.05, 3.63) is 48.6 Å². The average molecular weight is 976 g/mol. The number of hydrogen-bond acceptors (Lipinski definition) is 18. The Bertz CT molecular complexity index is 1450. The minimum absolute atomic E-state index is 0.217. The molecule has 3 saturated heterocycles. The number of allylic oxidation sites excluding steroid dienone is 7. The Balaban J connectivity index is 1.59. The highest BCUT2D eigenvalue weighted by Gasteiger charge is 2.53. The Hall–Kier alpha value is -2.25. The van der Waals surface area contributed by atoms with Crippen molar-refractivity contribution in [3.8, 4) is 0 Å². The molecular weight excluding hydrogens is 891 g/mol. The molecule has 0 aromatic heterocycles. The van der Waals surface area contributed by atoms with E-state index in [-0.39, 0.29) is 18.9 Å². The van der Waals surface area contributed by atoms with E-state index in [4.69, 9.17) is 28.4 Å². The molecule has 3 rings (SSSR count). The highest BCUT2D eigenvalue weighted by Crippen LogP contribution is 2.33. The molecule has 3 aliphatic rings. The van der Waals surface area contributed by atoms with Gasteiger partial charge in [0.1, 0.15) is 73.2 Å². The highest BCUT2D eigenvalue weighted by atomic mass is 16.8. The molecule has 0 radical (unpaired) electrons. The van der Waals surface area contributed by atoms with Gasteiger partial charge in [0.15, 0.2) is 18.9 Å². The summed E-state index contributed by atoms with van der Waals surface area (Å²) in [7, 11) is 0. The summed E-state index contributed by atoms with van der Waals surface area (Å²) in [6, 6.07) is -0.994. The molecule has 68 heavy (non-hydrogen) atoms. The molecule has 0 bridgehead atoms. The van der Waals surface area contributed by atoms with E-state index in [1.165, 1.54) is 19.3 Å². The number of ether oxygens (including phenoxy) is 6. The molecule has 12 N–H and O–H groups in total. The zero-order chi connectivity index (χ0) is 49.8. The van der Waals surface area contributed by atoms with E-state index in [0.717, 1.165) is 70.6 Å². The van der Waals surface area contributed by atoms with Gasteiger partial charge >= 0.3 is 0 Å². The predicted octanol–water partition coefficient (Wildman–Crippen LogP) is 1.19. The first kappa shape index (κ1) is 60.1. The van der Waals surface area contributed by atoms with Crippen LogP contribution in [0.25, 0.3) is 0 Å². The molecule has 0 aromatic carbocycles. The van der Waals surface area contributed by atoms with Crippen LogP contribution in [0, 0.1) is 0 Å². The third kappa shape index (κ3) is 20.1. The molecule has 3 heterocycles. The number of hydrogen-bond donors (Lipinski definition) is 12.